The number of benzene rings is 2. The van der Waals surface area contributed by atoms with Crippen LogP contribution < -0.4 is 5.32 Å². The van der Waals surface area contributed by atoms with E-state index in [0.29, 0.717) is 12.8 Å². The highest BCUT2D eigenvalue weighted by Crippen LogP contribution is 2.29. The van der Waals surface area contributed by atoms with Gasteiger partial charge in [-0.15, -0.1) is 11.3 Å². The van der Waals surface area contributed by atoms with Crippen molar-refractivity contribution in [2.24, 2.45) is 0 Å². The molecule has 4 aromatic rings. The fraction of sp³-hybridized carbons (Fsp3) is 0.250. The summed E-state index contributed by atoms with van der Waals surface area (Å²) in [6.07, 6.45) is 4.78. The van der Waals surface area contributed by atoms with Gasteiger partial charge < -0.3 is 5.32 Å². The second-order valence-electron chi connectivity index (χ2n) is 8.53. The molecule has 2 heterocycles. The maximum atomic E-state index is 13.2. The molecule has 4 rings (SSSR count). The summed E-state index contributed by atoms with van der Waals surface area (Å²) in [5.41, 5.74) is 10.9. The Hall–Kier alpha value is -3.31. The number of nitrogens with zero attached hydrogens (tertiary/aromatic N) is 2. The zero-order valence-corrected chi connectivity index (χ0v) is 20.6. The van der Waals surface area contributed by atoms with Crippen molar-refractivity contribution >= 4 is 27.9 Å². The lowest BCUT2D eigenvalue weighted by molar-refractivity contribution is 0.0981. The van der Waals surface area contributed by atoms with Gasteiger partial charge >= 0.3 is 0 Å². The number of anilines is 2. The molecule has 0 saturated heterocycles. The van der Waals surface area contributed by atoms with Crippen LogP contribution in [0.3, 0.4) is 0 Å². The van der Waals surface area contributed by atoms with Crippen LogP contribution >= 0.6 is 11.3 Å². The number of rotatable bonds is 7. The molecule has 0 atom stereocenters. The molecule has 0 bridgehead atoms. The lowest BCUT2D eigenvalue weighted by atomic mass is 9.86. The number of Topliss-reactive ketones (excluding diaryl/α,β-unsaturated/α-hetero) is 1. The number of ketones is 1. The minimum atomic E-state index is 0.218. The molecule has 0 aliphatic carbocycles. The average Bonchev–Trinajstić information content (AvgIpc) is 3.29. The Balaban J connectivity index is 1.45. The molecule has 2 aromatic carbocycles. The SMILES string of the molecule is Cc1c(C)c(C)c(C(=O)CCc2cccc(Nc3nc(-c4cccnc4)cs3)c2)c(C)c1C. The van der Waals surface area contributed by atoms with E-state index in [0.717, 1.165) is 44.3 Å². The number of nitrogens with one attached hydrogen (secondary N) is 1. The summed E-state index contributed by atoms with van der Waals surface area (Å²) in [5.74, 6) is 0.218. The molecule has 0 spiro atoms. The van der Waals surface area contributed by atoms with E-state index >= 15 is 0 Å². The van der Waals surface area contributed by atoms with Crippen LogP contribution in [0.5, 0.6) is 0 Å². The maximum absolute atomic E-state index is 13.2. The minimum Gasteiger partial charge on any atom is -0.332 e. The summed E-state index contributed by atoms with van der Waals surface area (Å²) in [4.78, 5) is 22.0. The van der Waals surface area contributed by atoms with E-state index < -0.39 is 0 Å². The molecular weight excluding hydrogens is 426 g/mol. The third kappa shape index (κ3) is 4.88. The van der Waals surface area contributed by atoms with Crippen LogP contribution in [0.15, 0.2) is 54.2 Å². The number of aromatic nitrogens is 2. The van der Waals surface area contributed by atoms with E-state index in [9.17, 15) is 4.79 Å². The number of pyridine rings is 1. The third-order valence-electron chi connectivity index (χ3n) is 6.56. The third-order valence-corrected chi connectivity index (χ3v) is 7.32. The Bertz CT molecular complexity index is 1280. The van der Waals surface area contributed by atoms with E-state index in [4.69, 9.17) is 0 Å². The largest absolute Gasteiger partial charge is 0.332 e. The number of hydrogen-bond acceptors (Lipinski definition) is 5. The molecule has 168 valence electrons. The fourth-order valence-corrected chi connectivity index (χ4v) is 4.95. The maximum Gasteiger partial charge on any atom is 0.187 e. The molecule has 2 aromatic heterocycles. The standard InChI is InChI=1S/C28H29N3OS/c1-17-18(2)20(4)27(21(5)19(17)3)26(32)12-11-22-8-6-10-24(14-22)30-28-31-25(16-33-28)23-9-7-13-29-15-23/h6-10,13-16H,11-12H2,1-5H3,(H,30,31). The van der Waals surface area contributed by atoms with Crippen LogP contribution in [0.25, 0.3) is 11.3 Å². The van der Waals surface area contributed by atoms with Crippen LogP contribution in [0.4, 0.5) is 10.8 Å². The van der Waals surface area contributed by atoms with Crippen LogP contribution in [-0.2, 0) is 6.42 Å². The molecule has 0 amide bonds. The number of carbonyl (C=O) groups excluding carboxylic acids is 1. The molecule has 1 N–H and O–H groups in total. The van der Waals surface area contributed by atoms with Crippen molar-refractivity contribution in [1.82, 2.24) is 9.97 Å². The van der Waals surface area contributed by atoms with Gasteiger partial charge in [0.05, 0.1) is 5.69 Å². The fourth-order valence-electron chi connectivity index (χ4n) is 4.21. The highest BCUT2D eigenvalue weighted by molar-refractivity contribution is 7.14. The number of thiazole rings is 1. The highest BCUT2D eigenvalue weighted by Gasteiger charge is 2.18. The van der Waals surface area contributed by atoms with Gasteiger partial charge in [0, 0.05) is 41.0 Å². The summed E-state index contributed by atoms with van der Waals surface area (Å²) in [7, 11) is 0. The summed E-state index contributed by atoms with van der Waals surface area (Å²) >= 11 is 1.56. The first-order chi connectivity index (χ1) is 15.8. The lowest BCUT2D eigenvalue weighted by Crippen LogP contribution is -2.10. The van der Waals surface area contributed by atoms with Crippen molar-refractivity contribution < 1.29 is 4.79 Å². The van der Waals surface area contributed by atoms with Gasteiger partial charge in [-0.3, -0.25) is 9.78 Å². The van der Waals surface area contributed by atoms with Crippen molar-refractivity contribution in [1.29, 1.82) is 0 Å². The second kappa shape index (κ2) is 9.67. The minimum absolute atomic E-state index is 0.218. The van der Waals surface area contributed by atoms with Crippen LogP contribution in [-0.4, -0.2) is 15.8 Å². The van der Waals surface area contributed by atoms with Gasteiger partial charge in [-0.05, 0) is 98.7 Å². The van der Waals surface area contributed by atoms with E-state index in [1.54, 1.807) is 17.5 Å². The van der Waals surface area contributed by atoms with Gasteiger partial charge in [0.15, 0.2) is 10.9 Å². The van der Waals surface area contributed by atoms with Gasteiger partial charge in [-0.25, -0.2) is 4.98 Å². The van der Waals surface area contributed by atoms with Gasteiger partial charge in [0.2, 0.25) is 0 Å². The molecule has 0 unspecified atom stereocenters. The summed E-state index contributed by atoms with van der Waals surface area (Å²) < 4.78 is 0. The molecule has 0 fully saturated rings. The number of aryl methyl sites for hydroxylation is 1. The van der Waals surface area contributed by atoms with E-state index in [1.807, 2.05) is 35.8 Å². The number of hydrogen-bond donors (Lipinski definition) is 1. The van der Waals surface area contributed by atoms with E-state index in [2.05, 4.69) is 62.0 Å². The zero-order chi connectivity index (χ0) is 23.5. The Kier molecular flexibility index (Phi) is 6.70. The average molecular weight is 456 g/mol. The Labute approximate surface area is 199 Å². The smallest absolute Gasteiger partial charge is 0.187 e. The molecular formula is C28H29N3OS. The van der Waals surface area contributed by atoms with Crippen molar-refractivity contribution in [3.63, 3.8) is 0 Å². The van der Waals surface area contributed by atoms with Gasteiger partial charge in [-0.1, -0.05) is 12.1 Å². The topological polar surface area (TPSA) is 54.9 Å². The highest BCUT2D eigenvalue weighted by atomic mass is 32.1. The first kappa shape index (κ1) is 22.9. The van der Waals surface area contributed by atoms with Crippen LogP contribution in [0, 0.1) is 34.6 Å². The molecule has 0 radical (unpaired) electrons. The van der Waals surface area contributed by atoms with Crippen molar-refractivity contribution in [3.8, 4) is 11.3 Å². The second-order valence-corrected chi connectivity index (χ2v) is 9.39. The van der Waals surface area contributed by atoms with Crippen LogP contribution in [0.1, 0.15) is 50.2 Å². The first-order valence-electron chi connectivity index (χ1n) is 11.2. The molecule has 33 heavy (non-hydrogen) atoms. The number of carbonyl (C=O) groups is 1. The quantitative estimate of drug-likeness (QED) is 0.297. The summed E-state index contributed by atoms with van der Waals surface area (Å²) in [6.45, 7) is 10.5. The Morgan fingerprint density at radius 1 is 0.939 bits per heavy atom. The Morgan fingerprint density at radius 2 is 1.67 bits per heavy atom. The summed E-state index contributed by atoms with van der Waals surface area (Å²) in [5, 5.41) is 6.25. The Morgan fingerprint density at radius 3 is 2.36 bits per heavy atom. The molecule has 4 nitrogen and oxygen atoms in total. The van der Waals surface area contributed by atoms with Gasteiger partial charge in [0.25, 0.3) is 0 Å². The molecule has 0 aliphatic rings. The predicted octanol–water partition coefficient (Wildman–Crippen LogP) is 7.31. The molecule has 0 saturated carbocycles. The molecule has 0 aliphatic heterocycles. The van der Waals surface area contributed by atoms with Gasteiger partial charge in [0.1, 0.15) is 0 Å². The van der Waals surface area contributed by atoms with Crippen molar-refractivity contribution in [3.05, 3.63) is 93.1 Å². The van der Waals surface area contributed by atoms with Crippen molar-refractivity contribution in [2.75, 3.05) is 5.32 Å². The monoisotopic (exact) mass is 455 g/mol. The predicted molar refractivity (Wildman–Crippen MR) is 138 cm³/mol. The first-order valence-corrected chi connectivity index (χ1v) is 12.0. The van der Waals surface area contributed by atoms with E-state index in [1.165, 1.54) is 16.7 Å². The van der Waals surface area contributed by atoms with Gasteiger partial charge in [-0.2, -0.15) is 0 Å². The normalized spacial score (nSPS) is 10.9. The van der Waals surface area contributed by atoms with Crippen LogP contribution in [0.2, 0.25) is 0 Å². The lowest BCUT2D eigenvalue weighted by Gasteiger charge is -2.18. The van der Waals surface area contributed by atoms with Crippen molar-refractivity contribution in [2.45, 2.75) is 47.5 Å². The van der Waals surface area contributed by atoms with E-state index in [-0.39, 0.29) is 5.78 Å². The zero-order valence-electron chi connectivity index (χ0n) is 19.8. The summed E-state index contributed by atoms with van der Waals surface area (Å²) in [6, 6.07) is 12.1. The molecule has 5 heteroatoms.